The van der Waals surface area contributed by atoms with Crippen molar-refractivity contribution in [2.45, 2.75) is 40.0 Å². The smallest absolute Gasteiger partial charge is 0.130 e. The van der Waals surface area contributed by atoms with Crippen LogP contribution in [0.1, 0.15) is 36.5 Å². The standard InChI is InChI=1S/C15H21N3/c1-4-5-6-13-10-17-18(15(13)16)14-8-7-11(2)12(3)9-14/h7-10H,4-6,16H2,1-3H3. The van der Waals surface area contributed by atoms with Gasteiger partial charge in [-0.2, -0.15) is 5.10 Å². The predicted octanol–water partition coefficient (Wildman–Crippen LogP) is 3.41. The van der Waals surface area contributed by atoms with Crippen LogP contribution in [0.5, 0.6) is 0 Å². The van der Waals surface area contributed by atoms with Crippen LogP contribution in [0.3, 0.4) is 0 Å². The molecule has 3 heteroatoms. The van der Waals surface area contributed by atoms with Gasteiger partial charge in [-0.1, -0.05) is 19.4 Å². The van der Waals surface area contributed by atoms with E-state index in [9.17, 15) is 0 Å². The van der Waals surface area contributed by atoms with Crippen molar-refractivity contribution in [3.8, 4) is 5.69 Å². The molecule has 0 amide bonds. The zero-order chi connectivity index (χ0) is 13.1. The van der Waals surface area contributed by atoms with E-state index >= 15 is 0 Å². The Morgan fingerprint density at radius 1 is 1.22 bits per heavy atom. The van der Waals surface area contributed by atoms with Gasteiger partial charge in [0.1, 0.15) is 5.82 Å². The average Bonchev–Trinajstić information content (AvgIpc) is 2.72. The number of nitrogens with zero attached hydrogens (tertiary/aromatic N) is 2. The molecule has 1 aromatic carbocycles. The van der Waals surface area contributed by atoms with E-state index in [-0.39, 0.29) is 0 Å². The summed E-state index contributed by atoms with van der Waals surface area (Å²) < 4.78 is 1.83. The lowest BCUT2D eigenvalue weighted by molar-refractivity contribution is 0.796. The van der Waals surface area contributed by atoms with Gasteiger partial charge in [0, 0.05) is 5.56 Å². The third-order valence-corrected chi connectivity index (χ3v) is 3.42. The van der Waals surface area contributed by atoms with E-state index in [1.165, 1.54) is 17.5 Å². The highest BCUT2D eigenvalue weighted by atomic mass is 15.3. The zero-order valence-corrected chi connectivity index (χ0v) is 11.4. The van der Waals surface area contributed by atoms with E-state index in [2.05, 4.69) is 44.1 Å². The lowest BCUT2D eigenvalue weighted by Gasteiger charge is -2.07. The molecule has 2 rings (SSSR count). The van der Waals surface area contributed by atoms with Gasteiger partial charge in [0.25, 0.3) is 0 Å². The first-order valence-corrected chi connectivity index (χ1v) is 6.53. The van der Waals surface area contributed by atoms with Crippen molar-refractivity contribution < 1.29 is 0 Å². The van der Waals surface area contributed by atoms with Crippen LogP contribution in [0.2, 0.25) is 0 Å². The molecule has 0 saturated carbocycles. The molecule has 0 spiro atoms. The van der Waals surface area contributed by atoms with E-state index in [0.29, 0.717) is 0 Å². The minimum absolute atomic E-state index is 0.770. The maximum atomic E-state index is 6.16. The minimum atomic E-state index is 0.770. The Morgan fingerprint density at radius 2 is 2.00 bits per heavy atom. The van der Waals surface area contributed by atoms with Gasteiger partial charge in [-0.25, -0.2) is 4.68 Å². The summed E-state index contributed by atoms with van der Waals surface area (Å²) in [5.41, 5.74) is 10.9. The second-order valence-electron chi connectivity index (χ2n) is 4.84. The Hall–Kier alpha value is -1.77. The third kappa shape index (κ3) is 2.40. The Balaban J connectivity index is 2.33. The van der Waals surface area contributed by atoms with Gasteiger partial charge >= 0.3 is 0 Å². The molecule has 0 saturated heterocycles. The number of aryl methyl sites for hydroxylation is 3. The van der Waals surface area contributed by atoms with Crippen molar-refractivity contribution in [3.63, 3.8) is 0 Å². The summed E-state index contributed by atoms with van der Waals surface area (Å²) in [5, 5.41) is 4.40. The fourth-order valence-corrected chi connectivity index (χ4v) is 2.01. The number of benzene rings is 1. The van der Waals surface area contributed by atoms with E-state index in [1.54, 1.807) is 0 Å². The number of rotatable bonds is 4. The van der Waals surface area contributed by atoms with Crippen molar-refractivity contribution in [3.05, 3.63) is 41.1 Å². The van der Waals surface area contributed by atoms with Crippen molar-refractivity contribution in [1.82, 2.24) is 9.78 Å². The van der Waals surface area contributed by atoms with Crippen LogP contribution in [-0.2, 0) is 6.42 Å². The summed E-state index contributed by atoms with van der Waals surface area (Å²) in [4.78, 5) is 0. The average molecular weight is 243 g/mol. The molecule has 0 unspecified atom stereocenters. The van der Waals surface area contributed by atoms with E-state index in [0.717, 1.165) is 29.9 Å². The number of unbranched alkanes of at least 4 members (excludes halogenated alkanes) is 1. The van der Waals surface area contributed by atoms with E-state index < -0.39 is 0 Å². The molecule has 2 aromatic rings. The molecule has 1 heterocycles. The van der Waals surface area contributed by atoms with Gasteiger partial charge in [-0.05, 0) is 49.9 Å². The molecule has 0 atom stereocenters. The lowest BCUT2D eigenvalue weighted by atomic mass is 10.1. The Kier molecular flexibility index (Phi) is 3.70. The number of anilines is 1. The molecule has 0 aliphatic heterocycles. The number of hydrogen-bond donors (Lipinski definition) is 1. The summed E-state index contributed by atoms with van der Waals surface area (Å²) in [6.45, 7) is 6.40. The lowest BCUT2D eigenvalue weighted by Crippen LogP contribution is -2.03. The van der Waals surface area contributed by atoms with Crippen molar-refractivity contribution in [2.24, 2.45) is 0 Å². The number of nitrogens with two attached hydrogens (primary N) is 1. The summed E-state index contributed by atoms with van der Waals surface area (Å²) in [6.07, 6.45) is 5.23. The molecular formula is C15H21N3. The first kappa shape index (κ1) is 12.7. The molecule has 2 N–H and O–H groups in total. The molecule has 18 heavy (non-hydrogen) atoms. The molecule has 0 radical (unpaired) electrons. The van der Waals surface area contributed by atoms with Crippen LogP contribution >= 0.6 is 0 Å². The Labute approximate surface area is 109 Å². The van der Waals surface area contributed by atoms with Crippen LogP contribution in [0.15, 0.2) is 24.4 Å². The fourth-order valence-electron chi connectivity index (χ4n) is 2.01. The van der Waals surface area contributed by atoms with Gasteiger partial charge in [0.05, 0.1) is 11.9 Å². The molecule has 0 bridgehead atoms. The van der Waals surface area contributed by atoms with Crippen LogP contribution in [-0.4, -0.2) is 9.78 Å². The second-order valence-corrected chi connectivity index (χ2v) is 4.84. The van der Waals surface area contributed by atoms with E-state index in [4.69, 9.17) is 5.73 Å². The van der Waals surface area contributed by atoms with Gasteiger partial charge in [-0.15, -0.1) is 0 Å². The number of aromatic nitrogens is 2. The molecule has 0 aliphatic rings. The Bertz CT molecular complexity index is 541. The SMILES string of the molecule is CCCCc1cnn(-c2ccc(C)c(C)c2)c1N. The summed E-state index contributed by atoms with van der Waals surface area (Å²) in [6, 6.07) is 6.30. The molecule has 3 nitrogen and oxygen atoms in total. The molecule has 0 fully saturated rings. The van der Waals surface area contributed by atoms with Gasteiger partial charge < -0.3 is 5.73 Å². The van der Waals surface area contributed by atoms with Crippen molar-refractivity contribution >= 4 is 5.82 Å². The highest BCUT2D eigenvalue weighted by molar-refractivity contribution is 5.49. The van der Waals surface area contributed by atoms with Crippen LogP contribution in [0, 0.1) is 13.8 Å². The second kappa shape index (κ2) is 5.25. The largest absolute Gasteiger partial charge is 0.383 e. The predicted molar refractivity (Wildman–Crippen MR) is 76.1 cm³/mol. The van der Waals surface area contributed by atoms with Gasteiger partial charge in [0.2, 0.25) is 0 Å². The topological polar surface area (TPSA) is 43.8 Å². The van der Waals surface area contributed by atoms with Crippen molar-refractivity contribution in [2.75, 3.05) is 5.73 Å². The van der Waals surface area contributed by atoms with Crippen LogP contribution in [0.4, 0.5) is 5.82 Å². The fraction of sp³-hybridized carbons (Fsp3) is 0.400. The first-order chi connectivity index (χ1) is 8.63. The molecule has 1 aromatic heterocycles. The quantitative estimate of drug-likeness (QED) is 0.894. The molecule has 0 aliphatic carbocycles. The van der Waals surface area contributed by atoms with Crippen molar-refractivity contribution in [1.29, 1.82) is 0 Å². The summed E-state index contributed by atoms with van der Waals surface area (Å²) in [7, 11) is 0. The summed E-state index contributed by atoms with van der Waals surface area (Å²) >= 11 is 0. The highest BCUT2D eigenvalue weighted by Gasteiger charge is 2.09. The Morgan fingerprint density at radius 3 is 2.67 bits per heavy atom. The monoisotopic (exact) mass is 243 g/mol. The van der Waals surface area contributed by atoms with E-state index in [1.807, 2.05) is 10.9 Å². The van der Waals surface area contributed by atoms with Gasteiger partial charge in [-0.3, -0.25) is 0 Å². The number of hydrogen-bond acceptors (Lipinski definition) is 2. The molecule has 96 valence electrons. The van der Waals surface area contributed by atoms with Crippen LogP contribution in [0.25, 0.3) is 5.69 Å². The number of nitrogen functional groups attached to an aromatic ring is 1. The highest BCUT2D eigenvalue weighted by Crippen LogP contribution is 2.20. The maximum absolute atomic E-state index is 6.16. The third-order valence-electron chi connectivity index (χ3n) is 3.42. The van der Waals surface area contributed by atoms with Crippen LogP contribution < -0.4 is 5.73 Å². The zero-order valence-electron chi connectivity index (χ0n) is 11.4. The van der Waals surface area contributed by atoms with Gasteiger partial charge in [0.15, 0.2) is 0 Å². The first-order valence-electron chi connectivity index (χ1n) is 6.53. The maximum Gasteiger partial charge on any atom is 0.130 e. The summed E-state index contributed by atoms with van der Waals surface area (Å²) in [5.74, 6) is 0.770. The molecular weight excluding hydrogens is 222 g/mol. The normalized spacial score (nSPS) is 10.8. The minimum Gasteiger partial charge on any atom is -0.383 e.